The van der Waals surface area contributed by atoms with Gasteiger partial charge in [0.2, 0.25) is 0 Å². The van der Waals surface area contributed by atoms with Gasteiger partial charge in [-0.2, -0.15) is 0 Å². The Labute approximate surface area is 352 Å². The van der Waals surface area contributed by atoms with E-state index in [2.05, 4.69) is 65.5 Å². The first-order chi connectivity index (χ1) is 25.0. The monoisotopic (exact) mass is 874 g/mol. The number of ether oxygens (including phenoxy) is 2. The summed E-state index contributed by atoms with van der Waals surface area (Å²) in [6.45, 7) is 30.4. The van der Waals surface area contributed by atoms with Gasteiger partial charge in [-0.05, 0) is 182 Å². The highest BCUT2D eigenvalue weighted by molar-refractivity contribution is 7.80. The van der Waals surface area contributed by atoms with Gasteiger partial charge >= 0.3 is 11.9 Å². The zero-order chi connectivity index (χ0) is 41.4. The van der Waals surface area contributed by atoms with Crippen LogP contribution in [0.15, 0.2) is 24.3 Å². The molecule has 0 radical (unpaired) electrons. The Morgan fingerprint density at radius 2 is 0.648 bits per heavy atom. The van der Waals surface area contributed by atoms with Crippen LogP contribution in [0.2, 0.25) is 76.6 Å². The summed E-state index contributed by atoms with van der Waals surface area (Å²) in [6.07, 6.45) is 16.5. The zero-order valence-corrected chi connectivity index (χ0v) is 42.6. The molecule has 0 fully saturated rings. The van der Waals surface area contributed by atoms with Crippen molar-refractivity contribution in [3.63, 3.8) is 0 Å². The number of rotatable bonds is 34. The molecule has 0 aliphatic heterocycles. The van der Waals surface area contributed by atoms with E-state index in [9.17, 15) is 9.59 Å². The first-order valence-corrected chi connectivity index (χ1v) is 34.3. The SMILES string of the molecule is C=C(C)C(=O)OCCCC(=S)CCCC[Si](C)(C)O[Si](C)(C)CCCCC(=S)CCCC[Si](C)(C)O[Si](C)(C)CCCCC(=S)CCCOC(=O)C(=C)C. The van der Waals surface area contributed by atoms with Crippen molar-refractivity contribution in [2.24, 2.45) is 0 Å². The normalized spacial score (nSPS) is 12.3. The molecular weight excluding hydrogens is 797 g/mol. The van der Waals surface area contributed by atoms with Crippen molar-refractivity contribution in [1.29, 1.82) is 0 Å². The molecule has 0 aromatic carbocycles. The highest BCUT2D eigenvalue weighted by Crippen LogP contribution is 2.27. The van der Waals surface area contributed by atoms with E-state index < -0.39 is 33.3 Å². The van der Waals surface area contributed by atoms with Gasteiger partial charge < -0.3 is 17.7 Å². The molecule has 6 nitrogen and oxygen atoms in total. The predicted molar refractivity (Wildman–Crippen MR) is 255 cm³/mol. The second kappa shape index (κ2) is 28.0. The van der Waals surface area contributed by atoms with Gasteiger partial charge in [0.25, 0.3) is 0 Å². The smallest absolute Gasteiger partial charge is 0.333 e. The fraction of sp³-hybridized carbons (Fsp3) is 0.780. The van der Waals surface area contributed by atoms with Crippen LogP contribution in [-0.2, 0) is 27.3 Å². The second-order valence-corrected chi connectivity index (χ2v) is 37.2. The Bertz CT molecular complexity index is 1130. The van der Waals surface area contributed by atoms with E-state index in [1.165, 1.54) is 54.7 Å². The summed E-state index contributed by atoms with van der Waals surface area (Å²) in [5.74, 6) is -0.647. The third kappa shape index (κ3) is 30.6. The van der Waals surface area contributed by atoms with Gasteiger partial charge in [0.05, 0.1) is 13.2 Å². The molecular formula is C41H78O6S3Si4. The Morgan fingerprint density at radius 3 is 0.870 bits per heavy atom. The number of carbonyl (C=O) groups is 2. The van der Waals surface area contributed by atoms with Gasteiger partial charge in [0.1, 0.15) is 0 Å². The summed E-state index contributed by atoms with van der Waals surface area (Å²) in [6, 6.07) is 4.74. The van der Waals surface area contributed by atoms with E-state index in [1.807, 2.05) is 0 Å². The molecule has 0 N–H and O–H groups in total. The van der Waals surface area contributed by atoms with Crippen LogP contribution in [0.1, 0.15) is 117 Å². The number of hydrogen-bond acceptors (Lipinski definition) is 9. The van der Waals surface area contributed by atoms with Crippen molar-refractivity contribution < 1.29 is 27.3 Å². The van der Waals surface area contributed by atoms with Crippen LogP contribution in [0, 0.1) is 0 Å². The summed E-state index contributed by atoms with van der Waals surface area (Å²) < 4.78 is 24.1. The maximum absolute atomic E-state index is 11.5. The van der Waals surface area contributed by atoms with E-state index in [0.29, 0.717) is 24.4 Å². The van der Waals surface area contributed by atoms with Crippen LogP contribution in [0.3, 0.4) is 0 Å². The number of carbonyl (C=O) groups excluding carboxylic acids is 2. The maximum Gasteiger partial charge on any atom is 0.333 e. The maximum atomic E-state index is 11.5. The molecule has 0 amide bonds. The summed E-state index contributed by atoms with van der Waals surface area (Å²) in [4.78, 5) is 26.4. The average molecular weight is 876 g/mol. The van der Waals surface area contributed by atoms with E-state index >= 15 is 0 Å². The van der Waals surface area contributed by atoms with Crippen molar-refractivity contribution in [3.8, 4) is 0 Å². The molecule has 0 aliphatic rings. The van der Waals surface area contributed by atoms with Gasteiger partial charge in [-0.1, -0.05) is 75.5 Å². The minimum Gasteiger partial charge on any atom is -0.462 e. The van der Waals surface area contributed by atoms with Crippen molar-refractivity contribution in [3.05, 3.63) is 24.3 Å². The first kappa shape index (κ1) is 53.5. The molecule has 0 rings (SSSR count). The molecule has 54 heavy (non-hydrogen) atoms. The molecule has 0 aliphatic carbocycles. The molecule has 0 unspecified atom stereocenters. The Hall–Kier alpha value is -0.522. The minimum absolute atomic E-state index is 0.323. The molecule has 13 heteroatoms. The van der Waals surface area contributed by atoms with E-state index in [4.69, 9.17) is 54.4 Å². The van der Waals surface area contributed by atoms with Crippen LogP contribution in [0.5, 0.6) is 0 Å². The number of unbranched alkanes of at least 4 members (excludes halogenated alkanes) is 4. The number of esters is 2. The van der Waals surface area contributed by atoms with Gasteiger partial charge in [-0.3, -0.25) is 0 Å². The van der Waals surface area contributed by atoms with Crippen LogP contribution in [0.4, 0.5) is 0 Å². The van der Waals surface area contributed by atoms with Gasteiger partial charge in [0, 0.05) is 11.1 Å². The van der Waals surface area contributed by atoms with Crippen molar-refractivity contribution in [2.75, 3.05) is 13.2 Å². The van der Waals surface area contributed by atoms with Crippen molar-refractivity contribution >= 4 is 96.5 Å². The largest absolute Gasteiger partial charge is 0.462 e. The van der Waals surface area contributed by atoms with Gasteiger partial charge in [0.15, 0.2) is 33.3 Å². The fourth-order valence-electron chi connectivity index (χ4n) is 6.68. The molecule has 0 atom stereocenters. The molecule has 0 aromatic heterocycles. The van der Waals surface area contributed by atoms with E-state index in [-0.39, 0.29) is 11.9 Å². The van der Waals surface area contributed by atoms with Crippen LogP contribution >= 0.6 is 36.7 Å². The molecule has 0 spiro atoms. The molecule has 0 heterocycles. The van der Waals surface area contributed by atoms with Crippen molar-refractivity contribution in [2.45, 2.75) is 193 Å². The summed E-state index contributed by atoms with van der Waals surface area (Å²) in [5, 5.41) is 0. The molecule has 0 aromatic rings. The fourth-order valence-corrected chi connectivity index (χ4v) is 25.6. The standard InChI is InChI=1S/C41H78O6S3Si4/c1-35(2)40(42)44-29-21-27-38(49)25-15-19-33-53(9,10)46-51(5,6)31-17-13-23-37(48)24-14-18-32-52(7,8)47-54(11,12)34-20-16-26-39(50)28-22-30-45-41(43)36(3)4/h1,3,13-34H2,2,4-12H3. The summed E-state index contributed by atoms with van der Waals surface area (Å²) in [5.41, 5.74) is 0.872. The van der Waals surface area contributed by atoms with Gasteiger partial charge in [-0.15, -0.1) is 0 Å². The number of hydrogen-bond donors (Lipinski definition) is 0. The molecule has 0 saturated heterocycles. The summed E-state index contributed by atoms with van der Waals surface area (Å²) >= 11 is 16.9. The number of thiocarbonyl (C=S) groups is 3. The third-order valence-electron chi connectivity index (χ3n) is 9.41. The van der Waals surface area contributed by atoms with Crippen LogP contribution < -0.4 is 0 Å². The second-order valence-electron chi connectivity index (χ2n) is 17.7. The van der Waals surface area contributed by atoms with Crippen LogP contribution in [0.25, 0.3) is 0 Å². The minimum atomic E-state index is -1.72. The zero-order valence-electron chi connectivity index (χ0n) is 36.1. The van der Waals surface area contributed by atoms with Gasteiger partial charge in [-0.25, -0.2) is 9.59 Å². The average Bonchev–Trinajstić information content (AvgIpc) is 3.04. The lowest BCUT2D eigenvalue weighted by Gasteiger charge is -2.34. The predicted octanol–water partition coefficient (Wildman–Crippen LogP) is 13.4. The Balaban J connectivity index is 4.15. The summed E-state index contributed by atoms with van der Waals surface area (Å²) in [7, 11) is -6.87. The highest BCUT2D eigenvalue weighted by atomic mass is 32.1. The Kier molecular flexibility index (Phi) is 27.7. The lowest BCUT2D eigenvalue weighted by Crippen LogP contribution is -2.44. The lowest BCUT2D eigenvalue weighted by atomic mass is 10.1. The van der Waals surface area contributed by atoms with E-state index in [0.717, 1.165) is 86.8 Å². The van der Waals surface area contributed by atoms with Crippen LogP contribution in [-0.4, -0.2) is 73.0 Å². The lowest BCUT2D eigenvalue weighted by molar-refractivity contribution is -0.139. The van der Waals surface area contributed by atoms with Crippen molar-refractivity contribution in [1.82, 2.24) is 0 Å². The highest BCUT2D eigenvalue weighted by Gasteiger charge is 2.33. The third-order valence-corrected chi connectivity index (χ3v) is 25.7. The topological polar surface area (TPSA) is 71.1 Å². The first-order valence-electron chi connectivity index (χ1n) is 20.6. The van der Waals surface area contributed by atoms with E-state index in [1.54, 1.807) is 13.8 Å². The molecule has 312 valence electrons. The quantitative estimate of drug-likeness (QED) is 0.0207. The Morgan fingerprint density at radius 1 is 0.426 bits per heavy atom. The molecule has 0 bridgehead atoms. The molecule has 0 saturated carbocycles.